The number of carbonyl (C=O) groups excluding carboxylic acids is 1. The smallest absolute Gasteiger partial charge is 0.305 e. The molecule has 3 unspecified atom stereocenters. The molecule has 0 heterocycles. The van der Waals surface area contributed by atoms with E-state index in [2.05, 4.69) is 20.4 Å². The van der Waals surface area contributed by atoms with Gasteiger partial charge >= 0.3 is 5.97 Å². The number of rotatable bonds is 10. The molecule has 6 nitrogen and oxygen atoms in total. The van der Waals surface area contributed by atoms with Crippen LogP contribution in [0, 0.1) is 0 Å². The molecule has 1 aliphatic carbocycles. The van der Waals surface area contributed by atoms with E-state index in [-0.39, 0.29) is 5.97 Å². The van der Waals surface area contributed by atoms with Crippen LogP contribution in [0.2, 0.25) is 0 Å². The number of nitrogens with zero attached hydrogens (tertiary/aromatic N) is 1. The van der Waals surface area contributed by atoms with E-state index in [1.54, 1.807) is 7.05 Å². The van der Waals surface area contributed by atoms with Crippen molar-refractivity contribution in [2.75, 3.05) is 26.5 Å². The van der Waals surface area contributed by atoms with Gasteiger partial charge in [0.15, 0.2) is 5.96 Å². The van der Waals surface area contributed by atoms with Crippen LogP contribution in [-0.2, 0) is 20.3 Å². The van der Waals surface area contributed by atoms with Crippen molar-refractivity contribution < 1.29 is 13.7 Å². The van der Waals surface area contributed by atoms with Gasteiger partial charge in [-0.1, -0.05) is 26.2 Å². The number of hydrogen-bond donors (Lipinski definition) is 2. The average molecular weight is 374 g/mol. The van der Waals surface area contributed by atoms with E-state index in [4.69, 9.17) is 0 Å². The van der Waals surface area contributed by atoms with Crippen molar-refractivity contribution in [1.82, 2.24) is 10.6 Å². The normalized spacial score (nSPS) is 22.3. The zero-order chi connectivity index (χ0) is 18.5. The van der Waals surface area contributed by atoms with Gasteiger partial charge in [0.1, 0.15) is 0 Å². The van der Waals surface area contributed by atoms with Crippen LogP contribution < -0.4 is 10.6 Å². The van der Waals surface area contributed by atoms with Crippen molar-refractivity contribution in [2.45, 2.75) is 76.0 Å². The maximum absolute atomic E-state index is 12.0. The van der Waals surface area contributed by atoms with Crippen LogP contribution in [0.5, 0.6) is 0 Å². The summed E-state index contributed by atoms with van der Waals surface area (Å²) in [4.78, 5) is 15.3. The van der Waals surface area contributed by atoms with E-state index in [0.717, 1.165) is 69.6 Å². The van der Waals surface area contributed by atoms with Crippen molar-refractivity contribution in [3.8, 4) is 0 Å². The first-order valence-corrected chi connectivity index (χ1v) is 10.9. The second-order valence-electron chi connectivity index (χ2n) is 6.54. The molecule has 0 spiro atoms. The minimum absolute atomic E-state index is 0.127. The Kier molecular flexibility index (Phi) is 11.5. The molecule has 0 aromatic rings. The third-order valence-electron chi connectivity index (χ3n) is 4.67. The molecule has 2 N–H and O–H groups in total. The Balaban J connectivity index is 2.18. The number of aliphatic imine (C=N–C) groups is 1. The Hall–Kier alpha value is -1.11. The Morgan fingerprint density at radius 2 is 2.00 bits per heavy atom. The molecule has 0 aromatic heterocycles. The fourth-order valence-electron chi connectivity index (χ4n) is 3.20. The third-order valence-corrected chi connectivity index (χ3v) is 6.42. The van der Waals surface area contributed by atoms with Gasteiger partial charge in [0.25, 0.3) is 0 Å². The Labute approximate surface area is 155 Å². The SMILES string of the molecule is CCS(=O)C1CCCC(NC(=NC)NCCCCCCC(=O)OC)C1. The van der Waals surface area contributed by atoms with Crippen LogP contribution >= 0.6 is 0 Å². The topological polar surface area (TPSA) is 79.8 Å². The number of unbranched alkanes of at least 4 members (excludes halogenated alkanes) is 3. The summed E-state index contributed by atoms with van der Waals surface area (Å²) < 4.78 is 16.7. The van der Waals surface area contributed by atoms with Gasteiger partial charge in [-0.2, -0.15) is 0 Å². The highest BCUT2D eigenvalue weighted by Gasteiger charge is 2.25. The number of carbonyl (C=O) groups is 1. The fourth-order valence-corrected chi connectivity index (χ4v) is 4.54. The molecule has 0 radical (unpaired) electrons. The van der Waals surface area contributed by atoms with Crippen LogP contribution in [0.15, 0.2) is 4.99 Å². The predicted octanol–water partition coefficient (Wildman–Crippen LogP) is 2.35. The molecular formula is C18H35N3O3S. The van der Waals surface area contributed by atoms with Crippen LogP contribution in [0.1, 0.15) is 64.7 Å². The van der Waals surface area contributed by atoms with E-state index >= 15 is 0 Å². The van der Waals surface area contributed by atoms with Crippen molar-refractivity contribution >= 4 is 22.7 Å². The number of ether oxygens (including phenoxy) is 1. The second kappa shape index (κ2) is 13.1. The first-order chi connectivity index (χ1) is 12.1. The molecule has 0 saturated heterocycles. The molecule has 146 valence electrons. The number of methoxy groups -OCH3 is 1. The predicted molar refractivity (Wildman–Crippen MR) is 104 cm³/mol. The summed E-state index contributed by atoms with van der Waals surface area (Å²) in [6, 6.07) is 0.362. The van der Waals surface area contributed by atoms with E-state index in [1.165, 1.54) is 7.11 Å². The third kappa shape index (κ3) is 9.23. The van der Waals surface area contributed by atoms with Gasteiger partial charge in [0.2, 0.25) is 0 Å². The summed E-state index contributed by atoms with van der Waals surface area (Å²) in [5, 5.41) is 7.16. The molecule has 7 heteroatoms. The fraction of sp³-hybridized carbons (Fsp3) is 0.889. The number of nitrogens with one attached hydrogen (secondary N) is 2. The van der Waals surface area contributed by atoms with E-state index < -0.39 is 10.8 Å². The summed E-state index contributed by atoms with van der Waals surface area (Å²) in [7, 11) is 2.52. The quantitative estimate of drug-likeness (QED) is 0.266. The van der Waals surface area contributed by atoms with Gasteiger partial charge in [0, 0.05) is 47.9 Å². The highest BCUT2D eigenvalue weighted by Crippen LogP contribution is 2.22. The van der Waals surface area contributed by atoms with E-state index in [9.17, 15) is 9.00 Å². The van der Waals surface area contributed by atoms with Gasteiger partial charge in [0.05, 0.1) is 7.11 Å². The van der Waals surface area contributed by atoms with E-state index in [1.807, 2.05) is 6.92 Å². The molecule has 0 aliphatic heterocycles. The van der Waals surface area contributed by atoms with E-state index in [0.29, 0.717) is 17.7 Å². The summed E-state index contributed by atoms with van der Waals surface area (Å²) in [5.41, 5.74) is 0. The standard InChI is InChI=1S/C18H35N3O3S/c1-4-25(23)16-11-9-10-15(14-16)21-18(19-2)20-13-8-6-5-7-12-17(22)24-3/h15-16H,4-14H2,1-3H3,(H2,19,20,21). The summed E-state index contributed by atoms with van der Waals surface area (Å²) in [6.07, 6.45) is 8.86. The summed E-state index contributed by atoms with van der Waals surface area (Å²) >= 11 is 0. The van der Waals surface area contributed by atoms with Crippen molar-refractivity contribution in [1.29, 1.82) is 0 Å². The monoisotopic (exact) mass is 373 g/mol. The lowest BCUT2D eigenvalue weighted by Crippen LogP contribution is -2.46. The summed E-state index contributed by atoms with van der Waals surface area (Å²) in [5.74, 6) is 1.46. The molecule has 1 saturated carbocycles. The van der Waals surface area contributed by atoms with Gasteiger partial charge < -0.3 is 15.4 Å². The minimum atomic E-state index is -0.699. The van der Waals surface area contributed by atoms with Crippen LogP contribution in [-0.4, -0.2) is 53.9 Å². The molecule has 0 amide bonds. The molecule has 0 aromatic carbocycles. The van der Waals surface area contributed by atoms with Crippen LogP contribution in [0.25, 0.3) is 0 Å². The molecular weight excluding hydrogens is 338 g/mol. The molecule has 0 bridgehead atoms. The lowest BCUT2D eigenvalue weighted by Gasteiger charge is -2.30. The zero-order valence-electron chi connectivity index (χ0n) is 16.0. The van der Waals surface area contributed by atoms with Crippen molar-refractivity contribution in [3.63, 3.8) is 0 Å². The zero-order valence-corrected chi connectivity index (χ0v) is 16.8. The lowest BCUT2D eigenvalue weighted by molar-refractivity contribution is -0.140. The number of guanidine groups is 1. The lowest BCUT2D eigenvalue weighted by atomic mass is 9.95. The molecule has 3 atom stereocenters. The highest BCUT2D eigenvalue weighted by molar-refractivity contribution is 7.85. The number of hydrogen-bond acceptors (Lipinski definition) is 4. The average Bonchev–Trinajstić information content (AvgIpc) is 2.65. The first-order valence-electron chi connectivity index (χ1n) is 9.51. The molecule has 25 heavy (non-hydrogen) atoms. The van der Waals surface area contributed by atoms with Crippen LogP contribution in [0.4, 0.5) is 0 Å². The van der Waals surface area contributed by atoms with Gasteiger partial charge in [-0.15, -0.1) is 0 Å². The number of esters is 1. The first kappa shape index (κ1) is 21.9. The Bertz CT molecular complexity index is 443. The Morgan fingerprint density at radius 1 is 1.24 bits per heavy atom. The van der Waals surface area contributed by atoms with Gasteiger partial charge in [-0.05, 0) is 32.1 Å². The van der Waals surface area contributed by atoms with Crippen molar-refractivity contribution in [2.24, 2.45) is 4.99 Å². The molecule has 1 fully saturated rings. The van der Waals surface area contributed by atoms with Crippen molar-refractivity contribution in [3.05, 3.63) is 0 Å². The van der Waals surface area contributed by atoms with Crippen LogP contribution in [0.3, 0.4) is 0 Å². The largest absolute Gasteiger partial charge is 0.469 e. The summed E-state index contributed by atoms with van der Waals surface area (Å²) in [6.45, 7) is 2.87. The molecule has 1 aliphatic rings. The molecule has 1 rings (SSSR count). The second-order valence-corrected chi connectivity index (χ2v) is 8.54. The van der Waals surface area contributed by atoms with Gasteiger partial charge in [-0.3, -0.25) is 14.0 Å². The maximum atomic E-state index is 12.0. The Morgan fingerprint density at radius 3 is 2.68 bits per heavy atom. The van der Waals surface area contributed by atoms with Gasteiger partial charge in [-0.25, -0.2) is 0 Å². The minimum Gasteiger partial charge on any atom is -0.469 e. The highest BCUT2D eigenvalue weighted by atomic mass is 32.2. The maximum Gasteiger partial charge on any atom is 0.305 e.